The summed E-state index contributed by atoms with van der Waals surface area (Å²) < 4.78 is 37.7. The zero-order chi connectivity index (χ0) is 14.8. The second kappa shape index (κ2) is 6.12. The maximum Gasteiger partial charge on any atom is 0.417 e. The summed E-state index contributed by atoms with van der Waals surface area (Å²) in [5, 5.41) is 3.22. The van der Waals surface area contributed by atoms with Crippen LogP contribution in [0, 0.1) is 11.8 Å². The molecule has 20 heavy (non-hydrogen) atoms. The van der Waals surface area contributed by atoms with E-state index in [0.717, 1.165) is 25.1 Å². The maximum atomic E-state index is 12.6. The lowest BCUT2D eigenvalue weighted by atomic mass is 9.77. The van der Waals surface area contributed by atoms with Crippen molar-refractivity contribution in [1.29, 1.82) is 0 Å². The van der Waals surface area contributed by atoms with E-state index in [4.69, 9.17) is 0 Å². The lowest BCUT2D eigenvalue weighted by Gasteiger charge is -2.33. The predicted molar refractivity (Wildman–Crippen MR) is 72.2 cm³/mol. The van der Waals surface area contributed by atoms with Crippen molar-refractivity contribution in [2.75, 3.05) is 7.05 Å². The zero-order valence-corrected chi connectivity index (χ0v) is 11.9. The molecule has 1 fully saturated rings. The Balaban J connectivity index is 2.15. The second-order valence-corrected chi connectivity index (χ2v) is 5.77. The van der Waals surface area contributed by atoms with Gasteiger partial charge in [0, 0.05) is 6.20 Å². The highest BCUT2D eigenvalue weighted by molar-refractivity contribution is 5.19. The molecule has 0 saturated heterocycles. The van der Waals surface area contributed by atoms with Crippen molar-refractivity contribution in [1.82, 2.24) is 10.3 Å². The summed E-state index contributed by atoms with van der Waals surface area (Å²) in [6, 6.07) is 2.67. The lowest BCUT2D eigenvalue weighted by Crippen LogP contribution is -2.29. The highest BCUT2D eigenvalue weighted by atomic mass is 19.4. The number of nitrogens with one attached hydrogen (secondary N) is 1. The highest BCUT2D eigenvalue weighted by Crippen LogP contribution is 2.37. The van der Waals surface area contributed by atoms with Crippen molar-refractivity contribution >= 4 is 0 Å². The summed E-state index contributed by atoms with van der Waals surface area (Å²) in [6.07, 6.45) is 1.26. The molecular formula is C15H21F3N2. The molecule has 0 aromatic carbocycles. The van der Waals surface area contributed by atoms with Gasteiger partial charge in [-0.25, -0.2) is 0 Å². The summed E-state index contributed by atoms with van der Waals surface area (Å²) >= 11 is 0. The third-order valence-corrected chi connectivity index (χ3v) is 4.19. The Morgan fingerprint density at radius 3 is 2.55 bits per heavy atom. The molecule has 0 bridgehead atoms. The van der Waals surface area contributed by atoms with Crippen molar-refractivity contribution < 1.29 is 13.2 Å². The van der Waals surface area contributed by atoms with Crippen molar-refractivity contribution in [2.45, 2.75) is 44.8 Å². The van der Waals surface area contributed by atoms with Crippen molar-refractivity contribution in [2.24, 2.45) is 11.8 Å². The van der Waals surface area contributed by atoms with E-state index in [9.17, 15) is 13.2 Å². The first-order valence-corrected chi connectivity index (χ1v) is 7.12. The molecule has 0 aliphatic heterocycles. The summed E-state index contributed by atoms with van der Waals surface area (Å²) in [4.78, 5) is 4.03. The van der Waals surface area contributed by atoms with Crippen LogP contribution in [0.4, 0.5) is 13.2 Å². The molecule has 1 heterocycles. The Morgan fingerprint density at radius 1 is 1.30 bits per heavy atom. The Bertz CT molecular complexity index is 428. The summed E-state index contributed by atoms with van der Waals surface area (Å²) in [7, 11) is 1.85. The number of halogens is 3. The van der Waals surface area contributed by atoms with Crippen LogP contribution in [0.2, 0.25) is 0 Å². The van der Waals surface area contributed by atoms with Gasteiger partial charge >= 0.3 is 6.18 Å². The van der Waals surface area contributed by atoms with Gasteiger partial charge < -0.3 is 5.32 Å². The van der Waals surface area contributed by atoms with Crippen LogP contribution in [0.5, 0.6) is 0 Å². The van der Waals surface area contributed by atoms with E-state index >= 15 is 0 Å². The largest absolute Gasteiger partial charge is 0.417 e. The average molecular weight is 286 g/mol. The molecule has 3 unspecified atom stereocenters. The molecular weight excluding hydrogens is 265 g/mol. The predicted octanol–water partition coefficient (Wildman–Crippen LogP) is 4.19. The quantitative estimate of drug-likeness (QED) is 0.901. The monoisotopic (exact) mass is 286 g/mol. The van der Waals surface area contributed by atoms with Crippen LogP contribution in [0.25, 0.3) is 0 Å². The van der Waals surface area contributed by atoms with Crippen molar-refractivity contribution in [3.05, 3.63) is 29.6 Å². The van der Waals surface area contributed by atoms with Gasteiger partial charge in [-0.05, 0) is 43.9 Å². The summed E-state index contributed by atoms with van der Waals surface area (Å²) in [5.74, 6) is 1.13. The molecule has 1 N–H and O–H groups in total. The van der Waals surface area contributed by atoms with Crippen LogP contribution < -0.4 is 5.32 Å². The molecule has 1 saturated carbocycles. The fourth-order valence-corrected chi connectivity index (χ4v) is 3.17. The molecule has 2 nitrogen and oxygen atoms in total. The molecule has 3 atom stereocenters. The topological polar surface area (TPSA) is 24.9 Å². The fourth-order valence-electron chi connectivity index (χ4n) is 3.17. The minimum absolute atomic E-state index is 0.0417. The van der Waals surface area contributed by atoms with E-state index in [1.165, 1.54) is 18.9 Å². The van der Waals surface area contributed by atoms with E-state index in [0.29, 0.717) is 17.5 Å². The molecule has 1 aromatic rings. The van der Waals surface area contributed by atoms with Crippen molar-refractivity contribution in [3.8, 4) is 0 Å². The molecule has 1 aromatic heterocycles. The van der Waals surface area contributed by atoms with Crippen LogP contribution >= 0.6 is 0 Å². The normalized spacial score (nSPS) is 25.4. The molecule has 1 aliphatic carbocycles. The van der Waals surface area contributed by atoms with Crippen LogP contribution in [0.15, 0.2) is 18.3 Å². The first kappa shape index (κ1) is 15.3. The van der Waals surface area contributed by atoms with Gasteiger partial charge in [0.05, 0.1) is 17.3 Å². The minimum atomic E-state index is -4.32. The minimum Gasteiger partial charge on any atom is -0.311 e. The van der Waals surface area contributed by atoms with Crippen LogP contribution in [-0.4, -0.2) is 12.0 Å². The van der Waals surface area contributed by atoms with Gasteiger partial charge in [-0.15, -0.1) is 0 Å². The summed E-state index contributed by atoms with van der Waals surface area (Å²) in [5.41, 5.74) is 0.0210. The zero-order valence-electron chi connectivity index (χ0n) is 11.9. The first-order chi connectivity index (χ1) is 9.41. The Kier molecular flexibility index (Phi) is 4.68. The van der Waals surface area contributed by atoms with E-state index in [-0.39, 0.29) is 6.04 Å². The van der Waals surface area contributed by atoms with Gasteiger partial charge in [0.25, 0.3) is 0 Å². The molecule has 2 rings (SSSR count). The number of hydrogen-bond donors (Lipinski definition) is 1. The van der Waals surface area contributed by atoms with Crippen LogP contribution in [0.3, 0.4) is 0 Å². The molecule has 0 amide bonds. The third-order valence-electron chi connectivity index (χ3n) is 4.19. The van der Waals surface area contributed by atoms with Gasteiger partial charge in [0.15, 0.2) is 0 Å². The third kappa shape index (κ3) is 3.51. The maximum absolute atomic E-state index is 12.6. The number of alkyl halides is 3. The van der Waals surface area contributed by atoms with Gasteiger partial charge in [-0.3, -0.25) is 4.98 Å². The van der Waals surface area contributed by atoms with Gasteiger partial charge in [-0.2, -0.15) is 13.2 Å². The number of pyridine rings is 1. The molecule has 112 valence electrons. The highest BCUT2D eigenvalue weighted by Gasteiger charge is 2.32. The smallest absolute Gasteiger partial charge is 0.311 e. The Hall–Kier alpha value is -1.10. The Morgan fingerprint density at radius 2 is 2.05 bits per heavy atom. The average Bonchev–Trinajstić information content (AvgIpc) is 2.39. The molecule has 1 aliphatic rings. The number of hydrogen-bond acceptors (Lipinski definition) is 2. The SMILES string of the molecule is CNC(c1ccc(C(F)(F)F)cn1)C1CCCC(C)C1. The van der Waals surface area contributed by atoms with Gasteiger partial charge in [0.1, 0.15) is 0 Å². The summed E-state index contributed by atoms with van der Waals surface area (Å²) in [6.45, 7) is 2.24. The number of rotatable bonds is 3. The van der Waals surface area contributed by atoms with E-state index < -0.39 is 11.7 Å². The van der Waals surface area contributed by atoms with Gasteiger partial charge in [-0.1, -0.05) is 19.8 Å². The Labute approximate surface area is 117 Å². The molecule has 0 radical (unpaired) electrons. The fraction of sp³-hybridized carbons (Fsp3) is 0.667. The van der Waals surface area contributed by atoms with Crippen molar-refractivity contribution in [3.63, 3.8) is 0 Å². The van der Waals surface area contributed by atoms with Gasteiger partial charge in [0.2, 0.25) is 0 Å². The standard InChI is InChI=1S/C15H21F3N2/c1-10-4-3-5-11(8-10)14(19-2)13-7-6-12(9-20-13)15(16,17)18/h6-7,9-11,14,19H,3-5,8H2,1-2H3. The second-order valence-electron chi connectivity index (χ2n) is 5.77. The molecule has 5 heteroatoms. The van der Waals surface area contributed by atoms with Crippen LogP contribution in [-0.2, 0) is 6.18 Å². The molecule has 0 spiro atoms. The van der Waals surface area contributed by atoms with E-state index in [1.807, 2.05) is 7.05 Å². The van der Waals surface area contributed by atoms with E-state index in [2.05, 4.69) is 17.2 Å². The lowest BCUT2D eigenvalue weighted by molar-refractivity contribution is -0.137. The van der Waals surface area contributed by atoms with E-state index in [1.54, 1.807) is 0 Å². The van der Waals surface area contributed by atoms with Crippen LogP contribution in [0.1, 0.15) is 49.9 Å². The number of aromatic nitrogens is 1. The number of nitrogens with zero attached hydrogens (tertiary/aromatic N) is 1. The first-order valence-electron chi connectivity index (χ1n) is 7.12.